The zero-order chi connectivity index (χ0) is 22.6. The molecule has 6 nitrogen and oxygen atoms in total. The molecule has 1 aromatic carbocycles. The van der Waals surface area contributed by atoms with E-state index in [1.54, 1.807) is 24.3 Å². The van der Waals surface area contributed by atoms with Crippen LogP contribution in [0.4, 0.5) is 5.69 Å². The van der Waals surface area contributed by atoms with E-state index in [-0.39, 0.29) is 11.0 Å². The number of aliphatic carboxylic acids is 1. The lowest BCUT2D eigenvalue weighted by Gasteiger charge is -2.26. The Morgan fingerprint density at radius 3 is 2.58 bits per heavy atom. The van der Waals surface area contributed by atoms with Crippen LogP contribution in [-0.4, -0.2) is 27.9 Å². The molecule has 0 fully saturated rings. The summed E-state index contributed by atoms with van der Waals surface area (Å²) in [5.41, 5.74) is 5.23. The van der Waals surface area contributed by atoms with Gasteiger partial charge in [-0.2, -0.15) is 0 Å². The molecule has 2 aliphatic heterocycles. The van der Waals surface area contributed by atoms with Crippen molar-refractivity contribution in [2.24, 2.45) is 16.3 Å². The van der Waals surface area contributed by atoms with Gasteiger partial charge in [0.2, 0.25) is 0 Å². The number of nitrogens with one attached hydrogen (secondary N) is 1. The molecule has 160 valence electrons. The minimum absolute atomic E-state index is 0.260. The van der Waals surface area contributed by atoms with Gasteiger partial charge < -0.3 is 15.5 Å². The van der Waals surface area contributed by atoms with Gasteiger partial charge >= 0.3 is 11.9 Å². The van der Waals surface area contributed by atoms with Crippen LogP contribution in [0.1, 0.15) is 50.0 Å². The second kappa shape index (κ2) is 7.08. The molecule has 3 aliphatic rings. The Morgan fingerprint density at radius 1 is 1.16 bits per heavy atom. The van der Waals surface area contributed by atoms with E-state index in [0.29, 0.717) is 6.42 Å². The fourth-order valence-corrected chi connectivity index (χ4v) is 4.46. The number of aromatic carboxylic acids is 1. The number of fused-ring (bicyclic) bond motifs is 1. The number of hydrogen-bond donors (Lipinski definition) is 3. The maximum Gasteiger partial charge on any atom is 0.335 e. The molecular formula is C25H26N2O4. The van der Waals surface area contributed by atoms with Crippen molar-refractivity contribution < 1.29 is 19.8 Å². The first kappa shape index (κ1) is 20.8. The van der Waals surface area contributed by atoms with Crippen LogP contribution in [0.5, 0.6) is 0 Å². The monoisotopic (exact) mass is 418 g/mol. The highest BCUT2D eigenvalue weighted by Gasteiger charge is 2.39. The molecule has 1 aliphatic carbocycles. The highest BCUT2D eigenvalue weighted by atomic mass is 16.4. The van der Waals surface area contributed by atoms with Crippen molar-refractivity contribution in [3.8, 4) is 0 Å². The van der Waals surface area contributed by atoms with Crippen LogP contribution >= 0.6 is 0 Å². The summed E-state index contributed by atoms with van der Waals surface area (Å²) >= 11 is 0. The van der Waals surface area contributed by atoms with Crippen molar-refractivity contribution in [1.29, 1.82) is 0 Å². The Morgan fingerprint density at radius 2 is 1.90 bits per heavy atom. The zero-order valence-corrected chi connectivity index (χ0v) is 18.1. The average molecular weight is 418 g/mol. The van der Waals surface area contributed by atoms with E-state index < -0.39 is 23.3 Å². The minimum atomic E-state index is -0.947. The first-order chi connectivity index (χ1) is 14.5. The highest BCUT2D eigenvalue weighted by Crippen LogP contribution is 2.46. The molecule has 0 radical (unpaired) electrons. The SMILES string of the molecule is CC1(C)C2=C(C=CC(C(=O)O)C2)N/C1=C\C=C\C1=Nc2ccc(C(=O)O)cc2C1(C)C. The molecule has 0 bridgehead atoms. The van der Waals surface area contributed by atoms with Crippen LogP contribution in [0.15, 0.2) is 70.5 Å². The van der Waals surface area contributed by atoms with Gasteiger partial charge in [-0.15, -0.1) is 0 Å². The van der Waals surface area contributed by atoms with Gasteiger partial charge in [0.15, 0.2) is 0 Å². The molecule has 1 unspecified atom stereocenters. The molecular weight excluding hydrogens is 392 g/mol. The average Bonchev–Trinajstić information content (AvgIpc) is 3.11. The van der Waals surface area contributed by atoms with Crippen molar-refractivity contribution in [1.82, 2.24) is 5.32 Å². The first-order valence-electron chi connectivity index (χ1n) is 10.3. The predicted molar refractivity (Wildman–Crippen MR) is 120 cm³/mol. The Bertz CT molecular complexity index is 1150. The summed E-state index contributed by atoms with van der Waals surface area (Å²) in [6.45, 7) is 8.27. The number of carboxylic acids is 2. The highest BCUT2D eigenvalue weighted by molar-refractivity contribution is 6.09. The number of carboxylic acid groups (broad SMARTS) is 2. The van der Waals surface area contributed by atoms with E-state index in [1.165, 1.54) is 0 Å². The molecule has 4 rings (SSSR count). The molecule has 0 amide bonds. The van der Waals surface area contributed by atoms with Gasteiger partial charge in [0.05, 0.1) is 22.9 Å². The smallest absolute Gasteiger partial charge is 0.335 e. The van der Waals surface area contributed by atoms with E-state index in [0.717, 1.165) is 33.9 Å². The maximum absolute atomic E-state index is 11.4. The molecule has 0 spiro atoms. The lowest BCUT2D eigenvalue weighted by Crippen LogP contribution is -2.24. The van der Waals surface area contributed by atoms with Crippen molar-refractivity contribution >= 4 is 23.3 Å². The lowest BCUT2D eigenvalue weighted by atomic mass is 9.77. The van der Waals surface area contributed by atoms with Crippen LogP contribution in [0.2, 0.25) is 0 Å². The summed E-state index contributed by atoms with van der Waals surface area (Å²) < 4.78 is 0. The summed E-state index contributed by atoms with van der Waals surface area (Å²) in [5, 5.41) is 22.1. The lowest BCUT2D eigenvalue weighted by molar-refractivity contribution is -0.140. The molecule has 0 saturated heterocycles. The predicted octanol–water partition coefficient (Wildman–Crippen LogP) is 4.73. The zero-order valence-electron chi connectivity index (χ0n) is 18.1. The minimum Gasteiger partial charge on any atom is -0.481 e. The number of rotatable bonds is 4. The second-order valence-electron chi connectivity index (χ2n) is 9.25. The molecule has 0 aromatic heterocycles. The number of allylic oxidation sites excluding steroid dienone is 5. The fraction of sp³-hybridized carbons (Fsp3) is 0.320. The third-order valence-corrected chi connectivity index (χ3v) is 6.57. The molecule has 1 atom stereocenters. The van der Waals surface area contributed by atoms with Crippen LogP contribution in [-0.2, 0) is 10.2 Å². The Kier molecular flexibility index (Phi) is 4.76. The first-order valence-corrected chi connectivity index (χ1v) is 10.3. The van der Waals surface area contributed by atoms with Gasteiger partial charge in [-0.05, 0) is 54.0 Å². The summed E-state index contributed by atoms with van der Waals surface area (Å²) in [6, 6.07) is 5.03. The quantitative estimate of drug-likeness (QED) is 0.656. The van der Waals surface area contributed by atoms with Crippen molar-refractivity contribution in [3.05, 3.63) is 76.7 Å². The molecule has 2 heterocycles. The van der Waals surface area contributed by atoms with Gasteiger partial charge in [0.1, 0.15) is 0 Å². The Labute approximate surface area is 181 Å². The van der Waals surface area contributed by atoms with E-state index >= 15 is 0 Å². The molecule has 31 heavy (non-hydrogen) atoms. The van der Waals surface area contributed by atoms with E-state index in [2.05, 4.69) is 19.2 Å². The van der Waals surface area contributed by atoms with Crippen molar-refractivity contribution in [2.45, 2.75) is 39.5 Å². The summed E-state index contributed by atoms with van der Waals surface area (Å²) in [7, 11) is 0. The third kappa shape index (κ3) is 3.42. The van der Waals surface area contributed by atoms with Crippen molar-refractivity contribution in [3.63, 3.8) is 0 Å². The topological polar surface area (TPSA) is 99.0 Å². The van der Waals surface area contributed by atoms with Gasteiger partial charge in [0.25, 0.3) is 0 Å². The number of carbonyl (C=O) groups is 2. The Balaban J connectivity index is 1.56. The third-order valence-electron chi connectivity index (χ3n) is 6.57. The molecule has 0 saturated carbocycles. The van der Waals surface area contributed by atoms with Crippen LogP contribution in [0.25, 0.3) is 0 Å². The molecule has 3 N–H and O–H groups in total. The second-order valence-corrected chi connectivity index (χ2v) is 9.25. The Hall–Kier alpha value is -3.41. The summed E-state index contributed by atoms with van der Waals surface area (Å²) in [5.74, 6) is -2.24. The van der Waals surface area contributed by atoms with Gasteiger partial charge in [-0.3, -0.25) is 9.79 Å². The van der Waals surface area contributed by atoms with E-state index in [4.69, 9.17) is 4.99 Å². The molecule has 6 heteroatoms. The normalized spacial score (nSPS) is 24.2. The number of benzene rings is 1. The van der Waals surface area contributed by atoms with Crippen LogP contribution in [0.3, 0.4) is 0 Å². The summed E-state index contributed by atoms with van der Waals surface area (Å²) in [4.78, 5) is 27.4. The summed E-state index contributed by atoms with van der Waals surface area (Å²) in [6.07, 6.45) is 10.0. The maximum atomic E-state index is 11.4. The number of aliphatic imine (C=N–C) groups is 1. The van der Waals surface area contributed by atoms with E-state index in [1.807, 2.05) is 38.2 Å². The molecule has 1 aromatic rings. The van der Waals surface area contributed by atoms with E-state index in [9.17, 15) is 19.8 Å². The van der Waals surface area contributed by atoms with Crippen LogP contribution in [0, 0.1) is 11.3 Å². The fourth-order valence-electron chi connectivity index (χ4n) is 4.46. The van der Waals surface area contributed by atoms with Gasteiger partial charge in [0, 0.05) is 22.2 Å². The van der Waals surface area contributed by atoms with Crippen LogP contribution < -0.4 is 5.32 Å². The standard InChI is InChI=1S/C25H26N2O4/c1-24(2)16-12-14(22(28)29)8-10-18(16)26-20(24)6-5-7-21-25(3,4)17-13-15(23(30)31)9-11-19(17)27-21/h5-12,15,27H,13H2,1-4H3,(H,28,29)(H,30,31)/b6-5+,21-7-. The van der Waals surface area contributed by atoms with Crippen molar-refractivity contribution in [2.75, 3.05) is 0 Å². The van der Waals surface area contributed by atoms with Gasteiger partial charge in [-0.1, -0.05) is 39.8 Å². The number of nitrogens with zero attached hydrogens (tertiary/aromatic N) is 1. The van der Waals surface area contributed by atoms with Gasteiger partial charge in [-0.25, -0.2) is 4.79 Å². The largest absolute Gasteiger partial charge is 0.481 e. The number of hydrogen-bond acceptors (Lipinski definition) is 4.